The van der Waals surface area contributed by atoms with Crippen LogP contribution in [0, 0.1) is 5.92 Å². The van der Waals surface area contributed by atoms with E-state index in [4.69, 9.17) is 5.53 Å². The van der Waals surface area contributed by atoms with Gasteiger partial charge in [-0.15, -0.1) is 4.79 Å². The Kier molecular flexibility index (Phi) is 2.44. The highest BCUT2D eigenvalue weighted by molar-refractivity contribution is 5.52. The third-order valence-electron chi connectivity index (χ3n) is 2.09. The van der Waals surface area contributed by atoms with Crippen LogP contribution in [0.3, 0.4) is 0 Å². The molecule has 1 aliphatic rings. The number of rotatable bonds is 0. The minimum atomic E-state index is 0.837. The third kappa shape index (κ3) is 1.84. The van der Waals surface area contributed by atoms with Gasteiger partial charge in [0, 0.05) is 0 Å². The summed E-state index contributed by atoms with van der Waals surface area (Å²) in [4.78, 5) is 2.90. The van der Waals surface area contributed by atoms with Crippen molar-refractivity contribution in [2.45, 2.75) is 32.6 Å². The monoisotopic (exact) mass is 136 g/mol. The minimum absolute atomic E-state index is 0.837. The van der Waals surface area contributed by atoms with E-state index in [1.165, 1.54) is 18.4 Å². The van der Waals surface area contributed by atoms with Crippen LogP contribution in [0.5, 0.6) is 0 Å². The summed E-state index contributed by atoms with van der Waals surface area (Å²) in [5, 5.41) is 0. The first-order chi connectivity index (χ1) is 4.83. The lowest BCUT2D eigenvalue weighted by molar-refractivity contribution is 0.00702. The van der Waals surface area contributed by atoms with Crippen molar-refractivity contribution in [3.63, 3.8) is 0 Å². The molecule has 0 saturated heterocycles. The van der Waals surface area contributed by atoms with Gasteiger partial charge >= 0.3 is 0 Å². The Morgan fingerprint density at radius 3 is 2.60 bits per heavy atom. The summed E-state index contributed by atoms with van der Waals surface area (Å²) in [7, 11) is 0. The van der Waals surface area contributed by atoms with Crippen LogP contribution in [-0.2, 0) is 0 Å². The molecule has 2 heteroatoms. The van der Waals surface area contributed by atoms with Gasteiger partial charge in [0.25, 0.3) is 5.87 Å². The van der Waals surface area contributed by atoms with Gasteiger partial charge in [0.15, 0.2) is 0 Å². The van der Waals surface area contributed by atoms with E-state index in [-0.39, 0.29) is 0 Å². The van der Waals surface area contributed by atoms with Crippen molar-refractivity contribution >= 4 is 5.87 Å². The van der Waals surface area contributed by atoms with E-state index >= 15 is 0 Å². The normalized spacial score (nSPS) is 25.3. The molecular formula is C8H12N2. The van der Waals surface area contributed by atoms with Crippen LogP contribution in [-0.4, -0.2) is 10.7 Å². The van der Waals surface area contributed by atoms with E-state index in [2.05, 4.69) is 17.6 Å². The zero-order chi connectivity index (χ0) is 7.40. The maximum atomic E-state index is 8.18. The summed E-state index contributed by atoms with van der Waals surface area (Å²) < 4.78 is 0. The van der Waals surface area contributed by atoms with Gasteiger partial charge < -0.3 is 5.53 Å². The summed E-state index contributed by atoms with van der Waals surface area (Å²) in [6.07, 6.45) is 4.56. The van der Waals surface area contributed by atoms with Crippen molar-refractivity contribution in [3.8, 4) is 0 Å². The molecule has 0 aromatic carbocycles. The van der Waals surface area contributed by atoms with Crippen molar-refractivity contribution in [3.05, 3.63) is 11.1 Å². The molecule has 10 heavy (non-hydrogen) atoms. The fourth-order valence-electron chi connectivity index (χ4n) is 1.29. The first kappa shape index (κ1) is 7.27. The smallest absolute Gasteiger partial charge is 0.298 e. The van der Waals surface area contributed by atoms with Crippen molar-refractivity contribution in [1.82, 2.24) is 0 Å². The molecule has 54 valence electrons. The summed E-state index contributed by atoms with van der Waals surface area (Å²) in [5.74, 6) is 3.44. The first-order valence-electron chi connectivity index (χ1n) is 3.77. The maximum Gasteiger partial charge on any atom is 0.298 e. The second-order valence-electron chi connectivity index (χ2n) is 3.00. The summed E-state index contributed by atoms with van der Waals surface area (Å²) in [6, 6.07) is 0. The van der Waals surface area contributed by atoms with Crippen molar-refractivity contribution in [2.24, 2.45) is 5.92 Å². The lowest BCUT2D eigenvalue weighted by Crippen LogP contribution is -2.04. The Morgan fingerprint density at radius 1 is 1.50 bits per heavy atom. The number of hydrogen-bond donors (Lipinski definition) is 0. The van der Waals surface area contributed by atoms with Crippen LogP contribution in [0.25, 0.3) is 5.53 Å². The molecule has 0 N–H and O–H groups in total. The average Bonchev–Trinajstić information content (AvgIpc) is 1.95. The molecule has 1 saturated carbocycles. The van der Waals surface area contributed by atoms with Gasteiger partial charge in [-0.05, 0) is 31.6 Å². The fraction of sp³-hybridized carbons (Fsp3) is 0.750. The van der Waals surface area contributed by atoms with Gasteiger partial charge in [-0.25, -0.2) is 0 Å². The maximum absolute atomic E-state index is 8.18. The molecule has 0 amide bonds. The molecule has 0 aromatic rings. The molecule has 0 radical (unpaired) electrons. The predicted octanol–water partition coefficient (Wildman–Crippen LogP) is 2.02. The third-order valence-corrected chi connectivity index (χ3v) is 2.09. The van der Waals surface area contributed by atoms with E-state index in [9.17, 15) is 0 Å². The molecule has 1 fully saturated rings. The van der Waals surface area contributed by atoms with Crippen LogP contribution in [0.4, 0.5) is 0 Å². The molecule has 0 atom stereocenters. The van der Waals surface area contributed by atoms with E-state index in [1.807, 2.05) is 0 Å². The summed E-state index contributed by atoms with van der Waals surface area (Å²) >= 11 is 0. The highest BCUT2D eigenvalue weighted by Gasteiger charge is 2.13. The quantitative estimate of drug-likeness (QED) is 0.277. The lowest BCUT2D eigenvalue weighted by atomic mass is 9.88. The average molecular weight is 136 g/mol. The summed E-state index contributed by atoms with van der Waals surface area (Å²) in [6.45, 7) is 2.26. The predicted molar refractivity (Wildman–Crippen MR) is 39.8 cm³/mol. The van der Waals surface area contributed by atoms with Crippen molar-refractivity contribution in [1.29, 1.82) is 0 Å². The Bertz CT molecular complexity index is 185. The molecule has 0 aliphatic heterocycles. The molecular weight excluding hydrogens is 124 g/mol. The van der Waals surface area contributed by atoms with Gasteiger partial charge in [0.05, 0.1) is 5.57 Å². The molecule has 1 aliphatic carbocycles. The Morgan fingerprint density at radius 2 is 2.10 bits per heavy atom. The molecule has 0 heterocycles. The number of allylic oxidation sites excluding steroid dienone is 1. The van der Waals surface area contributed by atoms with Crippen LogP contribution >= 0.6 is 0 Å². The van der Waals surface area contributed by atoms with E-state index in [0.29, 0.717) is 0 Å². The van der Waals surface area contributed by atoms with E-state index < -0.39 is 0 Å². The summed E-state index contributed by atoms with van der Waals surface area (Å²) in [5.41, 5.74) is 9.34. The standard InChI is InChI=1S/C8H12N2/c1-7-2-4-8(5-3-7)6-10-9/h7H,2-5H2,1H3. The minimum Gasteiger partial charge on any atom is -0.348 e. The van der Waals surface area contributed by atoms with Crippen LogP contribution in [0.1, 0.15) is 32.6 Å². The molecule has 1 rings (SSSR count). The van der Waals surface area contributed by atoms with Crippen LogP contribution in [0.2, 0.25) is 0 Å². The fourth-order valence-corrected chi connectivity index (χ4v) is 1.29. The van der Waals surface area contributed by atoms with Crippen LogP contribution in [0.15, 0.2) is 5.57 Å². The van der Waals surface area contributed by atoms with Crippen LogP contribution < -0.4 is 0 Å². The van der Waals surface area contributed by atoms with Crippen molar-refractivity contribution < 1.29 is 4.79 Å². The van der Waals surface area contributed by atoms with Gasteiger partial charge in [-0.2, -0.15) is 0 Å². The van der Waals surface area contributed by atoms with E-state index in [0.717, 1.165) is 18.8 Å². The van der Waals surface area contributed by atoms with Gasteiger partial charge in [0.1, 0.15) is 0 Å². The van der Waals surface area contributed by atoms with Crippen molar-refractivity contribution in [2.75, 3.05) is 0 Å². The van der Waals surface area contributed by atoms with Gasteiger partial charge in [-0.3, -0.25) is 0 Å². The van der Waals surface area contributed by atoms with Gasteiger partial charge in [0.2, 0.25) is 0 Å². The molecule has 0 unspecified atom stereocenters. The highest BCUT2D eigenvalue weighted by Crippen LogP contribution is 2.25. The number of hydrogen-bond acceptors (Lipinski definition) is 0. The second kappa shape index (κ2) is 3.36. The Hall–Kier alpha value is -0.840. The largest absolute Gasteiger partial charge is 0.348 e. The van der Waals surface area contributed by atoms with Gasteiger partial charge in [-0.1, -0.05) is 6.92 Å². The highest BCUT2D eigenvalue weighted by atomic mass is 14.8. The van der Waals surface area contributed by atoms with E-state index in [1.54, 1.807) is 0 Å². The Labute approximate surface area is 61.2 Å². The Balaban J connectivity index is 2.56. The lowest BCUT2D eigenvalue weighted by Gasteiger charge is -2.15. The second-order valence-corrected chi connectivity index (χ2v) is 3.00. The molecule has 2 nitrogen and oxygen atoms in total. The SMILES string of the molecule is CC1CCC(=C=[N+]=[N-])CC1. The first-order valence-corrected chi connectivity index (χ1v) is 3.77. The number of nitrogens with zero attached hydrogens (tertiary/aromatic N) is 2. The molecule has 0 bridgehead atoms. The topological polar surface area (TPSA) is 36.4 Å². The molecule has 0 spiro atoms. The molecule has 0 aromatic heterocycles. The zero-order valence-corrected chi connectivity index (χ0v) is 6.30. The zero-order valence-electron chi connectivity index (χ0n) is 6.30.